The van der Waals surface area contributed by atoms with Gasteiger partial charge in [-0.15, -0.1) is 0 Å². The summed E-state index contributed by atoms with van der Waals surface area (Å²) in [6.45, 7) is 3.32. The smallest absolute Gasteiger partial charge is 0.255 e. The van der Waals surface area contributed by atoms with Crippen molar-refractivity contribution in [3.8, 4) is 0 Å². The van der Waals surface area contributed by atoms with Gasteiger partial charge in [0.15, 0.2) is 0 Å². The lowest BCUT2D eigenvalue weighted by atomic mass is 9.94. The third kappa shape index (κ3) is 3.01. The molecule has 4 nitrogen and oxygen atoms in total. The highest BCUT2D eigenvalue weighted by molar-refractivity contribution is 6.34. The van der Waals surface area contributed by atoms with Crippen LogP contribution in [0.4, 0.5) is 5.69 Å². The zero-order valence-corrected chi connectivity index (χ0v) is 12.0. The van der Waals surface area contributed by atoms with E-state index in [9.17, 15) is 4.79 Å². The van der Waals surface area contributed by atoms with Gasteiger partial charge in [0.2, 0.25) is 0 Å². The van der Waals surface area contributed by atoms with Crippen LogP contribution in [-0.4, -0.2) is 36.6 Å². The van der Waals surface area contributed by atoms with Gasteiger partial charge < -0.3 is 15.4 Å². The monoisotopic (exact) mass is 282 g/mol. The molecule has 104 valence electrons. The Bertz CT molecular complexity index is 492. The second kappa shape index (κ2) is 5.39. The van der Waals surface area contributed by atoms with E-state index in [1.807, 2.05) is 6.92 Å². The van der Waals surface area contributed by atoms with Crippen LogP contribution >= 0.6 is 11.6 Å². The van der Waals surface area contributed by atoms with E-state index in [2.05, 4.69) is 0 Å². The Morgan fingerprint density at radius 3 is 2.95 bits per heavy atom. The molecule has 0 radical (unpaired) electrons. The van der Waals surface area contributed by atoms with E-state index in [-0.39, 0.29) is 11.5 Å². The van der Waals surface area contributed by atoms with Crippen molar-refractivity contribution in [1.82, 2.24) is 4.90 Å². The average molecular weight is 283 g/mol. The number of methoxy groups -OCH3 is 1. The first-order chi connectivity index (χ1) is 8.95. The Balaban J connectivity index is 2.22. The van der Waals surface area contributed by atoms with E-state index in [1.165, 1.54) is 0 Å². The Morgan fingerprint density at radius 1 is 1.53 bits per heavy atom. The largest absolute Gasteiger partial charge is 0.399 e. The van der Waals surface area contributed by atoms with Crippen molar-refractivity contribution in [3.05, 3.63) is 28.8 Å². The second-order valence-electron chi connectivity index (χ2n) is 5.22. The summed E-state index contributed by atoms with van der Waals surface area (Å²) >= 11 is 6.08. The number of piperidine rings is 1. The molecule has 0 aromatic heterocycles. The third-order valence-corrected chi connectivity index (χ3v) is 3.99. The molecule has 1 saturated heterocycles. The summed E-state index contributed by atoms with van der Waals surface area (Å²) in [5, 5.41) is 0.434. The van der Waals surface area contributed by atoms with Gasteiger partial charge in [-0.1, -0.05) is 11.6 Å². The van der Waals surface area contributed by atoms with Gasteiger partial charge in [0.05, 0.1) is 16.2 Å². The molecule has 2 N–H and O–H groups in total. The summed E-state index contributed by atoms with van der Waals surface area (Å²) in [5.74, 6) is -0.0831. The fraction of sp³-hybridized carbons (Fsp3) is 0.500. The number of likely N-dealkylation sites (tertiary alicyclic amines) is 1. The van der Waals surface area contributed by atoms with E-state index in [1.54, 1.807) is 30.2 Å². The molecule has 1 aromatic rings. The summed E-state index contributed by atoms with van der Waals surface area (Å²) in [7, 11) is 1.68. The van der Waals surface area contributed by atoms with Crippen molar-refractivity contribution in [2.45, 2.75) is 25.4 Å². The molecule has 1 amide bonds. The number of halogens is 1. The van der Waals surface area contributed by atoms with Gasteiger partial charge in [0.1, 0.15) is 0 Å². The number of hydrogen-bond acceptors (Lipinski definition) is 3. The Kier molecular flexibility index (Phi) is 4.02. The number of nitrogens with zero attached hydrogens (tertiary/aromatic N) is 1. The SMILES string of the molecule is COC1(C)CCCN(C(=O)c2cc(N)ccc2Cl)C1. The molecule has 1 atom stereocenters. The lowest BCUT2D eigenvalue weighted by Gasteiger charge is -2.39. The van der Waals surface area contributed by atoms with Crippen LogP contribution in [0.2, 0.25) is 5.02 Å². The summed E-state index contributed by atoms with van der Waals surface area (Å²) in [4.78, 5) is 14.3. The number of carbonyl (C=O) groups excluding carboxylic acids is 1. The van der Waals surface area contributed by atoms with E-state index in [4.69, 9.17) is 22.1 Å². The number of hydrogen-bond donors (Lipinski definition) is 1. The number of nitrogen functional groups attached to an aromatic ring is 1. The number of ether oxygens (including phenoxy) is 1. The number of nitrogens with two attached hydrogens (primary N) is 1. The molecule has 0 bridgehead atoms. The number of benzene rings is 1. The zero-order valence-electron chi connectivity index (χ0n) is 11.3. The molecule has 1 unspecified atom stereocenters. The highest BCUT2D eigenvalue weighted by Crippen LogP contribution is 2.27. The van der Waals surface area contributed by atoms with E-state index < -0.39 is 0 Å². The van der Waals surface area contributed by atoms with Crippen LogP contribution in [0, 0.1) is 0 Å². The minimum atomic E-state index is -0.277. The van der Waals surface area contributed by atoms with Crippen LogP contribution in [0.15, 0.2) is 18.2 Å². The molecule has 0 aliphatic carbocycles. The average Bonchev–Trinajstić information content (AvgIpc) is 2.41. The van der Waals surface area contributed by atoms with E-state index in [0.717, 1.165) is 19.4 Å². The minimum Gasteiger partial charge on any atom is -0.399 e. The lowest BCUT2D eigenvalue weighted by Crippen LogP contribution is -2.49. The second-order valence-corrected chi connectivity index (χ2v) is 5.63. The lowest BCUT2D eigenvalue weighted by molar-refractivity contribution is -0.0440. The van der Waals surface area contributed by atoms with Gasteiger partial charge in [0, 0.05) is 25.9 Å². The van der Waals surface area contributed by atoms with Gasteiger partial charge in [-0.25, -0.2) is 0 Å². The zero-order chi connectivity index (χ0) is 14.0. The summed E-state index contributed by atoms with van der Waals surface area (Å²) in [5.41, 5.74) is 6.44. The summed E-state index contributed by atoms with van der Waals surface area (Å²) in [6, 6.07) is 4.97. The first-order valence-corrected chi connectivity index (χ1v) is 6.72. The predicted octanol–water partition coefficient (Wildman–Crippen LogP) is 2.56. The first-order valence-electron chi connectivity index (χ1n) is 6.35. The fourth-order valence-corrected chi connectivity index (χ4v) is 2.62. The van der Waals surface area contributed by atoms with Crippen LogP contribution in [0.3, 0.4) is 0 Å². The van der Waals surface area contributed by atoms with E-state index >= 15 is 0 Å². The first kappa shape index (κ1) is 14.2. The third-order valence-electron chi connectivity index (χ3n) is 3.66. The molecule has 0 spiro atoms. The van der Waals surface area contributed by atoms with Gasteiger partial charge in [0.25, 0.3) is 5.91 Å². The van der Waals surface area contributed by atoms with Crippen molar-refractivity contribution in [2.75, 3.05) is 25.9 Å². The summed E-state index contributed by atoms with van der Waals surface area (Å²) < 4.78 is 5.50. The van der Waals surface area contributed by atoms with Crippen molar-refractivity contribution < 1.29 is 9.53 Å². The molecule has 19 heavy (non-hydrogen) atoms. The van der Waals surface area contributed by atoms with Gasteiger partial charge in [-0.2, -0.15) is 0 Å². The molecular formula is C14H19ClN2O2. The molecule has 1 fully saturated rings. The number of rotatable bonds is 2. The van der Waals surface area contributed by atoms with Crippen molar-refractivity contribution in [1.29, 1.82) is 0 Å². The van der Waals surface area contributed by atoms with Crippen molar-refractivity contribution in [3.63, 3.8) is 0 Å². The standard InChI is InChI=1S/C14H19ClN2O2/c1-14(19-2)6-3-7-17(9-14)13(18)11-8-10(16)4-5-12(11)15/h4-5,8H,3,6-7,9,16H2,1-2H3. The number of amides is 1. The maximum atomic E-state index is 12.5. The molecule has 0 saturated carbocycles. The number of anilines is 1. The molecule has 1 aliphatic rings. The van der Waals surface area contributed by atoms with Crippen LogP contribution in [0.25, 0.3) is 0 Å². The maximum absolute atomic E-state index is 12.5. The van der Waals surface area contributed by atoms with Gasteiger partial charge in [-0.05, 0) is 38.0 Å². The molecule has 1 aliphatic heterocycles. The van der Waals surface area contributed by atoms with Crippen molar-refractivity contribution in [2.24, 2.45) is 0 Å². The van der Waals surface area contributed by atoms with Gasteiger partial charge in [-0.3, -0.25) is 4.79 Å². The fourth-order valence-electron chi connectivity index (χ4n) is 2.42. The highest BCUT2D eigenvalue weighted by Gasteiger charge is 2.33. The normalized spacial score (nSPS) is 23.4. The Labute approximate surface area is 118 Å². The predicted molar refractivity (Wildman–Crippen MR) is 76.4 cm³/mol. The topological polar surface area (TPSA) is 55.6 Å². The summed E-state index contributed by atoms with van der Waals surface area (Å²) in [6.07, 6.45) is 1.88. The quantitative estimate of drug-likeness (QED) is 0.848. The maximum Gasteiger partial charge on any atom is 0.255 e. The Hall–Kier alpha value is -1.26. The molecule has 2 rings (SSSR count). The van der Waals surface area contributed by atoms with Crippen LogP contribution in [0.1, 0.15) is 30.1 Å². The molecule has 1 aromatic carbocycles. The van der Waals surface area contributed by atoms with Crippen molar-refractivity contribution >= 4 is 23.2 Å². The molecule has 1 heterocycles. The molecular weight excluding hydrogens is 264 g/mol. The minimum absolute atomic E-state index is 0.0831. The number of carbonyl (C=O) groups is 1. The van der Waals surface area contributed by atoms with Crippen LogP contribution < -0.4 is 5.73 Å². The van der Waals surface area contributed by atoms with Gasteiger partial charge >= 0.3 is 0 Å². The van der Waals surface area contributed by atoms with Crippen LogP contribution in [0.5, 0.6) is 0 Å². The highest BCUT2D eigenvalue weighted by atomic mass is 35.5. The Morgan fingerprint density at radius 2 is 2.26 bits per heavy atom. The van der Waals surface area contributed by atoms with Crippen LogP contribution in [-0.2, 0) is 4.74 Å². The molecule has 5 heteroatoms. The van der Waals surface area contributed by atoms with E-state index in [0.29, 0.717) is 22.8 Å².